The number of hydrogen-bond donors (Lipinski definition) is 0. The molecule has 6 heavy (non-hydrogen) atoms. The van der Waals surface area contributed by atoms with Gasteiger partial charge in [0.2, 0.25) is 6.05 Å². The van der Waals surface area contributed by atoms with Gasteiger partial charge in [0.15, 0.2) is 0 Å². The second-order valence-electron chi connectivity index (χ2n) is 0.858. The van der Waals surface area contributed by atoms with E-state index >= 15 is 0 Å². The summed E-state index contributed by atoms with van der Waals surface area (Å²) in [5.41, 5.74) is 0. The maximum atomic E-state index is 11.0. The summed E-state index contributed by atoms with van der Waals surface area (Å²) in [5.74, 6) is 0. The van der Waals surface area contributed by atoms with E-state index in [1.54, 1.807) is 6.92 Å². The van der Waals surface area contributed by atoms with Crippen molar-refractivity contribution in [2.75, 3.05) is 0 Å². The maximum absolute atomic E-state index is 11.0. The first-order valence-electron chi connectivity index (χ1n) is 1.79. The Balaban J connectivity index is 2.63. The molecular weight excluding hydrogens is 102 g/mol. The summed E-state index contributed by atoms with van der Waals surface area (Å²) < 4.78 is 22.1. The molecule has 0 aromatic carbocycles. The van der Waals surface area contributed by atoms with Gasteiger partial charge in [0.05, 0.1) is 0 Å². The van der Waals surface area contributed by atoms with Crippen LogP contribution in [0.4, 0.5) is 8.78 Å². The van der Waals surface area contributed by atoms with Gasteiger partial charge in [-0.25, -0.2) is 8.78 Å². The van der Waals surface area contributed by atoms with Gasteiger partial charge in [-0.15, -0.1) is 0 Å². The first kappa shape index (κ1) is 6.08. The van der Waals surface area contributed by atoms with Gasteiger partial charge in [-0.3, -0.25) is 0 Å². The molecule has 0 saturated heterocycles. The van der Waals surface area contributed by atoms with Crippen molar-refractivity contribution in [1.29, 1.82) is 0 Å². The van der Waals surface area contributed by atoms with Gasteiger partial charge in [0.1, 0.15) is 9.52 Å². The van der Waals surface area contributed by atoms with Gasteiger partial charge >= 0.3 is 0 Å². The van der Waals surface area contributed by atoms with Crippen LogP contribution in [0.15, 0.2) is 0 Å². The smallest absolute Gasteiger partial charge is 0.216 e. The monoisotopic (exact) mass is 108 g/mol. The Morgan fingerprint density at radius 2 is 2.17 bits per heavy atom. The maximum Gasteiger partial charge on any atom is 0.216 e. The molecule has 0 amide bonds. The zero-order chi connectivity index (χ0) is 4.99. The lowest BCUT2D eigenvalue weighted by molar-refractivity contribution is 0.238. The van der Waals surface area contributed by atoms with Crippen molar-refractivity contribution in [3.63, 3.8) is 0 Å². The topological polar surface area (TPSA) is 0 Å². The van der Waals surface area contributed by atoms with Gasteiger partial charge in [0.25, 0.3) is 0 Å². The molecule has 0 aliphatic heterocycles. The molecule has 3 heteroatoms. The van der Waals surface area contributed by atoms with Crippen molar-refractivity contribution in [1.82, 2.24) is 0 Å². The fourth-order valence-corrected chi connectivity index (χ4v) is 0.463. The first-order chi connectivity index (χ1) is 2.77. The fraction of sp³-hybridized carbons (Fsp3) is 1.00. The number of alkyl halides is 2. The minimum absolute atomic E-state index is 0.162. The third-order valence-corrected chi connectivity index (χ3v) is 1.08. The largest absolute Gasteiger partial charge is 0.216 e. The molecule has 0 aromatic rings. The molecule has 0 bridgehead atoms. The molecule has 0 fully saturated rings. The van der Waals surface area contributed by atoms with Gasteiger partial charge in [0, 0.05) is 0 Å². The Hall–Kier alpha value is 0.0769. The van der Waals surface area contributed by atoms with Crippen molar-refractivity contribution in [2.24, 2.45) is 0 Å². The van der Waals surface area contributed by atoms with Gasteiger partial charge in [-0.1, -0.05) is 13.0 Å². The number of hydrogen-bond acceptors (Lipinski definition) is 0. The molecule has 0 aromatic heterocycles. The zero-order valence-corrected chi connectivity index (χ0v) is 4.54. The molecule has 0 atom stereocenters. The molecule has 0 rings (SSSR count). The Labute approximate surface area is 38.4 Å². The van der Waals surface area contributed by atoms with Crippen LogP contribution in [-0.2, 0) is 0 Å². The molecule has 2 radical (unpaired) electrons. The Bertz CT molecular complexity index is 30.0. The number of rotatable bonds is 2. The minimum atomic E-state index is -2.07. The molecule has 0 nitrogen and oxygen atoms in total. The fourth-order valence-electron chi connectivity index (χ4n) is 0.154. The molecule has 0 unspecified atom stereocenters. The van der Waals surface area contributed by atoms with E-state index in [0.717, 1.165) is 0 Å². The number of halogens is 2. The predicted octanol–water partition coefficient (Wildman–Crippen LogP) is 1.35. The van der Waals surface area contributed by atoms with Gasteiger partial charge in [-0.05, 0) is 0 Å². The van der Waals surface area contributed by atoms with Crippen LogP contribution >= 0.6 is 0 Å². The highest BCUT2D eigenvalue weighted by molar-refractivity contribution is 6.36. The Morgan fingerprint density at radius 3 is 2.17 bits per heavy atom. The van der Waals surface area contributed by atoms with Gasteiger partial charge in [-0.2, -0.15) is 0 Å². The van der Waals surface area contributed by atoms with E-state index in [2.05, 4.69) is 0 Å². The third kappa shape index (κ3) is 4.08. The first-order valence-corrected chi connectivity index (χ1v) is 3.07. The second-order valence-corrected chi connectivity index (χ2v) is 2.41. The standard InChI is InChI=1S/C3H6F2Si/c1-2-6-3(4)5/h3H,2H2,1H3. The molecule has 0 heterocycles. The highest BCUT2D eigenvalue weighted by atomic mass is 28.2. The van der Waals surface area contributed by atoms with Crippen molar-refractivity contribution in [3.05, 3.63) is 0 Å². The molecule has 0 aliphatic rings. The van der Waals surface area contributed by atoms with Crippen LogP contribution < -0.4 is 0 Å². The average molecular weight is 108 g/mol. The minimum Gasteiger partial charge on any atom is -0.216 e. The molecule has 36 valence electrons. The third-order valence-electron chi connectivity index (χ3n) is 0.358. The molecule has 0 N–H and O–H groups in total. The average Bonchev–Trinajstić information content (AvgIpc) is 1.35. The van der Waals surface area contributed by atoms with E-state index in [0.29, 0.717) is 6.04 Å². The van der Waals surface area contributed by atoms with Gasteiger partial charge < -0.3 is 0 Å². The van der Waals surface area contributed by atoms with E-state index in [1.165, 1.54) is 0 Å². The summed E-state index contributed by atoms with van der Waals surface area (Å²) >= 11 is 0. The summed E-state index contributed by atoms with van der Waals surface area (Å²) in [6.07, 6.45) is 0. The lowest BCUT2D eigenvalue weighted by atomic mass is 11.0. The van der Waals surface area contributed by atoms with Crippen LogP contribution in [0.5, 0.6) is 0 Å². The molecule has 0 spiro atoms. The van der Waals surface area contributed by atoms with Crippen LogP contribution in [0.1, 0.15) is 6.92 Å². The van der Waals surface area contributed by atoms with Crippen LogP contribution in [0, 0.1) is 0 Å². The summed E-state index contributed by atoms with van der Waals surface area (Å²) in [6.45, 7) is 1.75. The summed E-state index contributed by atoms with van der Waals surface area (Å²) in [4.78, 5) is 0. The molecule has 0 aliphatic carbocycles. The van der Waals surface area contributed by atoms with E-state index in [4.69, 9.17) is 0 Å². The molecule has 0 saturated carbocycles. The van der Waals surface area contributed by atoms with Crippen LogP contribution in [0.3, 0.4) is 0 Å². The normalized spacial score (nSPS) is 10.0. The van der Waals surface area contributed by atoms with Crippen molar-refractivity contribution < 1.29 is 8.78 Å². The quantitative estimate of drug-likeness (QED) is 0.468. The zero-order valence-electron chi connectivity index (χ0n) is 3.54. The lowest BCUT2D eigenvalue weighted by Gasteiger charge is -1.85. The summed E-state index contributed by atoms with van der Waals surface area (Å²) in [5, 5.41) is 0. The van der Waals surface area contributed by atoms with Crippen LogP contribution in [0.2, 0.25) is 6.04 Å². The van der Waals surface area contributed by atoms with Crippen molar-refractivity contribution in [3.8, 4) is 0 Å². The highest BCUT2D eigenvalue weighted by Gasteiger charge is 1.97. The molecular formula is C3H6F2Si. The van der Waals surface area contributed by atoms with Crippen molar-refractivity contribution >= 4 is 9.52 Å². The SMILES string of the molecule is CC[Si]C(F)F. The van der Waals surface area contributed by atoms with Crippen LogP contribution in [-0.4, -0.2) is 15.6 Å². The van der Waals surface area contributed by atoms with Crippen molar-refractivity contribution in [2.45, 2.75) is 19.0 Å². The Kier molecular flexibility index (Phi) is 3.32. The van der Waals surface area contributed by atoms with E-state index in [-0.39, 0.29) is 9.52 Å². The lowest BCUT2D eigenvalue weighted by Crippen LogP contribution is -1.99. The predicted molar refractivity (Wildman–Crippen MR) is 22.2 cm³/mol. The highest BCUT2D eigenvalue weighted by Crippen LogP contribution is 1.89. The second kappa shape index (κ2) is 3.27. The van der Waals surface area contributed by atoms with E-state index in [9.17, 15) is 8.78 Å². The Morgan fingerprint density at radius 1 is 1.67 bits per heavy atom. The van der Waals surface area contributed by atoms with E-state index in [1.807, 2.05) is 0 Å². The summed E-state index contributed by atoms with van der Waals surface area (Å²) in [6, 6.07) is -1.47. The van der Waals surface area contributed by atoms with E-state index < -0.39 is 6.05 Å². The summed E-state index contributed by atoms with van der Waals surface area (Å²) in [7, 11) is -0.162. The van der Waals surface area contributed by atoms with Crippen LogP contribution in [0.25, 0.3) is 0 Å².